The van der Waals surface area contributed by atoms with E-state index in [1.54, 1.807) is 19.1 Å². The Morgan fingerprint density at radius 2 is 1.79 bits per heavy atom. The van der Waals surface area contributed by atoms with Crippen LogP contribution >= 0.6 is 15.9 Å². The van der Waals surface area contributed by atoms with E-state index >= 15 is 0 Å². The van der Waals surface area contributed by atoms with Gasteiger partial charge in [-0.1, -0.05) is 18.2 Å². The fraction of sp³-hybridized carbons (Fsp3) is 0.538. The number of hydrogen-bond donors (Lipinski definition) is 1. The first-order chi connectivity index (χ1) is 8.64. The third kappa shape index (κ3) is 4.33. The average molecular weight is 354 g/mol. The molecule has 0 aromatic heterocycles. The topological polar surface area (TPSA) is 29.1 Å². The fourth-order valence-electron chi connectivity index (χ4n) is 1.47. The van der Waals surface area contributed by atoms with Crippen LogP contribution < -0.4 is 4.72 Å². The molecular formula is C13H18BrF2NOS. The van der Waals surface area contributed by atoms with Crippen LogP contribution in [0.2, 0.25) is 0 Å². The molecule has 0 saturated carbocycles. The second kappa shape index (κ2) is 6.41. The zero-order valence-corrected chi connectivity index (χ0v) is 13.7. The van der Waals surface area contributed by atoms with Crippen molar-refractivity contribution in [3.63, 3.8) is 0 Å². The van der Waals surface area contributed by atoms with Crippen LogP contribution in [0.3, 0.4) is 0 Å². The minimum absolute atomic E-state index is 0.0484. The Hall–Kier alpha value is -0.330. The monoisotopic (exact) mass is 353 g/mol. The molecule has 0 radical (unpaired) electrons. The van der Waals surface area contributed by atoms with Gasteiger partial charge in [-0.3, -0.25) is 0 Å². The number of rotatable bonds is 4. The van der Waals surface area contributed by atoms with Crippen molar-refractivity contribution in [2.24, 2.45) is 0 Å². The Bertz CT molecular complexity index is 474. The van der Waals surface area contributed by atoms with Gasteiger partial charge in [0, 0.05) is 16.1 Å². The molecule has 0 heterocycles. The van der Waals surface area contributed by atoms with Gasteiger partial charge < -0.3 is 0 Å². The Kier molecular flexibility index (Phi) is 5.65. The molecule has 0 aliphatic rings. The molecule has 0 saturated heterocycles. The van der Waals surface area contributed by atoms with Gasteiger partial charge in [-0.05, 0) is 49.2 Å². The summed E-state index contributed by atoms with van der Waals surface area (Å²) in [5, 5.41) is 0. The molecule has 0 aliphatic carbocycles. The van der Waals surface area contributed by atoms with Crippen LogP contribution in [0, 0.1) is 0 Å². The van der Waals surface area contributed by atoms with Crippen LogP contribution in [0.1, 0.15) is 51.3 Å². The molecule has 1 N–H and O–H groups in total. The van der Waals surface area contributed by atoms with E-state index in [-0.39, 0.29) is 11.6 Å². The van der Waals surface area contributed by atoms with E-state index in [1.807, 2.05) is 20.8 Å². The first-order valence-corrected chi connectivity index (χ1v) is 7.83. The highest BCUT2D eigenvalue weighted by Gasteiger charge is 2.23. The summed E-state index contributed by atoms with van der Waals surface area (Å²) in [7, 11) is -1.25. The molecule has 2 atom stereocenters. The van der Waals surface area contributed by atoms with Crippen molar-refractivity contribution in [1.82, 2.24) is 4.72 Å². The van der Waals surface area contributed by atoms with Gasteiger partial charge in [0.25, 0.3) is 6.43 Å². The van der Waals surface area contributed by atoms with Gasteiger partial charge in [-0.15, -0.1) is 0 Å². The first kappa shape index (κ1) is 16.7. The second-order valence-electron chi connectivity index (χ2n) is 5.27. The van der Waals surface area contributed by atoms with E-state index in [0.717, 1.165) is 0 Å². The molecule has 0 bridgehead atoms. The Labute approximate surface area is 123 Å². The van der Waals surface area contributed by atoms with Crippen molar-refractivity contribution in [2.75, 3.05) is 0 Å². The molecule has 108 valence electrons. The summed E-state index contributed by atoms with van der Waals surface area (Å²) in [6.45, 7) is 7.37. The minimum Gasteiger partial charge on any atom is -0.242 e. The predicted octanol–water partition coefficient (Wildman–Crippen LogP) is 4.50. The van der Waals surface area contributed by atoms with Gasteiger partial charge in [0.15, 0.2) is 0 Å². The van der Waals surface area contributed by atoms with Gasteiger partial charge in [0.2, 0.25) is 0 Å². The summed E-state index contributed by atoms with van der Waals surface area (Å²) in [5.41, 5.74) is 0.628. The number of halogens is 3. The first-order valence-electron chi connectivity index (χ1n) is 5.89. The lowest BCUT2D eigenvalue weighted by Gasteiger charge is -2.23. The third-order valence-corrected chi connectivity index (χ3v) is 5.20. The van der Waals surface area contributed by atoms with Crippen molar-refractivity contribution in [2.45, 2.75) is 44.9 Å². The van der Waals surface area contributed by atoms with Crippen LogP contribution in [-0.2, 0) is 11.0 Å². The van der Waals surface area contributed by atoms with Crippen LogP contribution in [-0.4, -0.2) is 8.96 Å². The third-order valence-electron chi connectivity index (χ3n) is 2.60. The van der Waals surface area contributed by atoms with E-state index in [0.29, 0.717) is 10.0 Å². The molecule has 6 heteroatoms. The van der Waals surface area contributed by atoms with Crippen molar-refractivity contribution >= 4 is 26.9 Å². The van der Waals surface area contributed by atoms with E-state index in [2.05, 4.69) is 20.7 Å². The SMILES string of the molecule is C[C@@H](N[S@](=O)C(C)(C)C)c1cccc(C(F)F)c1Br. The van der Waals surface area contributed by atoms with Crippen LogP contribution in [0.25, 0.3) is 0 Å². The Morgan fingerprint density at radius 1 is 1.26 bits per heavy atom. The average Bonchev–Trinajstić information content (AvgIpc) is 2.27. The summed E-state index contributed by atoms with van der Waals surface area (Å²) in [6, 6.07) is 4.42. The zero-order valence-electron chi connectivity index (χ0n) is 11.3. The molecular weight excluding hydrogens is 336 g/mol. The van der Waals surface area contributed by atoms with E-state index in [4.69, 9.17) is 0 Å². The Morgan fingerprint density at radius 3 is 2.26 bits per heavy atom. The highest BCUT2D eigenvalue weighted by molar-refractivity contribution is 9.10. The molecule has 19 heavy (non-hydrogen) atoms. The van der Waals surface area contributed by atoms with Crippen molar-refractivity contribution < 1.29 is 13.0 Å². The zero-order chi connectivity index (χ0) is 14.8. The maximum absolute atomic E-state index is 12.8. The highest BCUT2D eigenvalue weighted by Crippen LogP contribution is 2.33. The number of nitrogens with one attached hydrogen (secondary N) is 1. The minimum atomic E-state index is -2.53. The molecule has 0 amide bonds. The molecule has 1 aromatic rings. The summed E-state index contributed by atoms with van der Waals surface area (Å²) < 4.78 is 40.6. The molecule has 1 rings (SSSR count). The van der Waals surface area contributed by atoms with Crippen molar-refractivity contribution in [3.8, 4) is 0 Å². The van der Waals surface area contributed by atoms with Crippen molar-refractivity contribution in [3.05, 3.63) is 33.8 Å². The fourth-order valence-corrected chi connectivity index (χ4v) is 3.05. The maximum Gasteiger partial charge on any atom is 0.264 e. The largest absolute Gasteiger partial charge is 0.264 e. The molecule has 0 fully saturated rings. The van der Waals surface area contributed by atoms with Crippen molar-refractivity contribution in [1.29, 1.82) is 0 Å². The maximum atomic E-state index is 12.8. The molecule has 2 nitrogen and oxygen atoms in total. The lowest BCUT2D eigenvalue weighted by atomic mass is 10.1. The molecule has 0 unspecified atom stereocenters. The quantitative estimate of drug-likeness (QED) is 0.848. The molecule has 1 aromatic carbocycles. The summed E-state index contributed by atoms with van der Waals surface area (Å²) in [4.78, 5) is 0. The molecule has 0 aliphatic heterocycles. The van der Waals surface area contributed by atoms with E-state index < -0.39 is 22.2 Å². The second-order valence-corrected chi connectivity index (χ2v) is 8.06. The number of alkyl halides is 2. The molecule has 0 spiro atoms. The summed E-state index contributed by atoms with van der Waals surface area (Å²) in [6.07, 6.45) is -2.53. The van der Waals surface area contributed by atoms with Gasteiger partial charge in [0.1, 0.15) is 0 Å². The van der Waals surface area contributed by atoms with Gasteiger partial charge >= 0.3 is 0 Å². The summed E-state index contributed by atoms with van der Waals surface area (Å²) >= 11 is 3.20. The van der Waals surface area contributed by atoms with Crippen LogP contribution in [0.15, 0.2) is 22.7 Å². The highest BCUT2D eigenvalue weighted by atomic mass is 79.9. The Balaban J connectivity index is 2.98. The summed E-state index contributed by atoms with van der Waals surface area (Å²) in [5.74, 6) is 0. The normalized spacial score (nSPS) is 15.6. The number of hydrogen-bond acceptors (Lipinski definition) is 1. The standard InChI is InChI=1S/C13H18BrF2NOS/c1-8(17-19(18)13(2,3)4)9-6-5-7-10(11(9)14)12(15)16/h5-8,12,17H,1-4H3/t8-,19-/m1/s1. The lowest BCUT2D eigenvalue weighted by molar-refractivity contribution is 0.150. The number of benzene rings is 1. The van der Waals surface area contributed by atoms with Crippen LogP contribution in [0.4, 0.5) is 8.78 Å². The van der Waals surface area contributed by atoms with E-state index in [9.17, 15) is 13.0 Å². The van der Waals surface area contributed by atoms with E-state index in [1.165, 1.54) is 6.07 Å². The van der Waals surface area contributed by atoms with Gasteiger partial charge in [0.05, 0.1) is 15.7 Å². The van der Waals surface area contributed by atoms with Gasteiger partial charge in [-0.25, -0.2) is 17.7 Å². The smallest absolute Gasteiger partial charge is 0.242 e. The van der Waals surface area contributed by atoms with Crippen LogP contribution in [0.5, 0.6) is 0 Å². The predicted molar refractivity (Wildman–Crippen MR) is 78.5 cm³/mol. The lowest BCUT2D eigenvalue weighted by Crippen LogP contribution is -2.35. The van der Waals surface area contributed by atoms with Gasteiger partial charge in [-0.2, -0.15) is 0 Å².